The summed E-state index contributed by atoms with van der Waals surface area (Å²) in [5, 5.41) is 13.5. The van der Waals surface area contributed by atoms with E-state index in [1.165, 1.54) is 23.9 Å². The maximum absolute atomic E-state index is 12.9. The Bertz CT molecular complexity index is 873. The van der Waals surface area contributed by atoms with E-state index in [4.69, 9.17) is 9.78 Å². The summed E-state index contributed by atoms with van der Waals surface area (Å²) in [6, 6.07) is 11.7. The molecule has 24 heavy (non-hydrogen) atoms. The summed E-state index contributed by atoms with van der Waals surface area (Å²) in [6.07, 6.45) is 2.07. The number of pyridine rings is 1. The third-order valence-electron chi connectivity index (χ3n) is 3.27. The molecule has 5 nitrogen and oxygen atoms in total. The van der Waals surface area contributed by atoms with Crippen molar-refractivity contribution in [3.05, 3.63) is 71.3 Å². The monoisotopic (exact) mass is 340 g/mol. The van der Waals surface area contributed by atoms with Crippen LogP contribution in [-0.2, 0) is 6.42 Å². The fourth-order valence-corrected chi connectivity index (χ4v) is 2.94. The van der Waals surface area contributed by atoms with E-state index in [1.54, 1.807) is 30.5 Å². The first kappa shape index (κ1) is 16.1. The fraction of sp³-hybridized carbons (Fsp3) is 0.176. The maximum Gasteiger partial charge on any atom is 0.239 e. The molecule has 0 bridgehead atoms. The summed E-state index contributed by atoms with van der Waals surface area (Å²) >= 11 is 1.44. The molecule has 0 spiro atoms. The zero-order valence-electron chi connectivity index (χ0n) is 12.8. The van der Waals surface area contributed by atoms with E-state index in [9.17, 15) is 4.39 Å². The Morgan fingerprint density at radius 1 is 1.29 bits per heavy atom. The van der Waals surface area contributed by atoms with E-state index in [1.807, 2.05) is 6.92 Å². The molecule has 0 N–H and O–H groups in total. The zero-order valence-corrected chi connectivity index (χ0v) is 13.6. The van der Waals surface area contributed by atoms with Gasteiger partial charge in [0.05, 0.1) is 21.9 Å². The largest absolute Gasteiger partial charge is 0.338 e. The first-order valence-electron chi connectivity index (χ1n) is 7.24. The molecule has 120 valence electrons. The van der Waals surface area contributed by atoms with Crippen LogP contribution < -0.4 is 0 Å². The second-order valence-corrected chi connectivity index (χ2v) is 6.47. The van der Waals surface area contributed by atoms with E-state index < -0.39 is 0 Å². The number of nitriles is 1. The first-order valence-corrected chi connectivity index (χ1v) is 8.12. The first-order chi connectivity index (χ1) is 11.6. The minimum Gasteiger partial charge on any atom is -0.338 e. The van der Waals surface area contributed by atoms with Crippen molar-refractivity contribution in [2.45, 2.75) is 23.6 Å². The number of halogens is 1. The van der Waals surface area contributed by atoms with Gasteiger partial charge in [0, 0.05) is 12.6 Å². The smallest absolute Gasteiger partial charge is 0.239 e. The Hall–Kier alpha value is -2.72. The Morgan fingerprint density at radius 3 is 2.83 bits per heavy atom. The second-order valence-electron chi connectivity index (χ2n) is 5.11. The van der Waals surface area contributed by atoms with Crippen molar-refractivity contribution in [1.29, 1.82) is 5.26 Å². The van der Waals surface area contributed by atoms with Crippen LogP contribution in [0.5, 0.6) is 0 Å². The summed E-state index contributed by atoms with van der Waals surface area (Å²) in [4.78, 5) is 8.60. The normalized spacial score (nSPS) is 11.9. The molecule has 0 fully saturated rings. The van der Waals surface area contributed by atoms with Gasteiger partial charge in [-0.3, -0.25) is 0 Å². The van der Waals surface area contributed by atoms with Crippen molar-refractivity contribution in [2.24, 2.45) is 0 Å². The van der Waals surface area contributed by atoms with Gasteiger partial charge in [-0.1, -0.05) is 29.1 Å². The van der Waals surface area contributed by atoms with Crippen LogP contribution >= 0.6 is 11.8 Å². The molecule has 0 radical (unpaired) electrons. The van der Waals surface area contributed by atoms with Gasteiger partial charge in [0.15, 0.2) is 5.82 Å². The fourth-order valence-electron chi connectivity index (χ4n) is 2.06. The van der Waals surface area contributed by atoms with Crippen molar-refractivity contribution in [1.82, 2.24) is 15.1 Å². The lowest BCUT2D eigenvalue weighted by atomic mass is 10.1. The van der Waals surface area contributed by atoms with Gasteiger partial charge in [-0.15, -0.1) is 0 Å². The average molecular weight is 340 g/mol. The van der Waals surface area contributed by atoms with Crippen molar-refractivity contribution < 1.29 is 8.91 Å². The van der Waals surface area contributed by atoms with Gasteiger partial charge in [-0.25, -0.2) is 9.37 Å². The molecule has 0 amide bonds. The van der Waals surface area contributed by atoms with Crippen LogP contribution in [0.25, 0.3) is 0 Å². The average Bonchev–Trinajstić information content (AvgIpc) is 3.06. The highest BCUT2D eigenvalue weighted by molar-refractivity contribution is 7.99. The molecule has 1 unspecified atom stereocenters. The van der Waals surface area contributed by atoms with Gasteiger partial charge in [-0.05, 0) is 36.8 Å². The molecule has 0 aliphatic rings. The molecule has 2 heterocycles. The van der Waals surface area contributed by atoms with Crippen LogP contribution in [-0.4, -0.2) is 15.1 Å². The number of hydrogen-bond acceptors (Lipinski definition) is 6. The van der Waals surface area contributed by atoms with E-state index >= 15 is 0 Å². The van der Waals surface area contributed by atoms with Gasteiger partial charge < -0.3 is 4.52 Å². The quantitative estimate of drug-likeness (QED) is 0.655. The Balaban J connectivity index is 1.68. The maximum atomic E-state index is 12.9. The summed E-state index contributed by atoms with van der Waals surface area (Å²) in [5.41, 5.74) is 1.47. The highest BCUT2D eigenvalue weighted by Gasteiger charge is 2.16. The van der Waals surface area contributed by atoms with Crippen LogP contribution in [0.2, 0.25) is 0 Å². The zero-order chi connectivity index (χ0) is 16.9. The lowest BCUT2D eigenvalue weighted by Crippen LogP contribution is -1.94. The molecule has 1 atom stereocenters. The lowest BCUT2D eigenvalue weighted by Gasteiger charge is -2.05. The molecule has 3 rings (SSSR count). The molecule has 0 saturated heterocycles. The minimum atomic E-state index is -0.273. The highest BCUT2D eigenvalue weighted by Crippen LogP contribution is 2.32. The van der Waals surface area contributed by atoms with E-state index in [0.717, 1.165) is 10.6 Å². The number of thioether (sulfide) groups is 1. The van der Waals surface area contributed by atoms with Gasteiger partial charge in [0.1, 0.15) is 5.82 Å². The van der Waals surface area contributed by atoms with Crippen LogP contribution in [0, 0.1) is 17.1 Å². The van der Waals surface area contributed by atoms with Crippen molar-refractivity contribution in [3.8, 4) is 6.07 Å². The molecule has 1 aromatic carbocycles. The highest BCUT2D eigenvalue weighted by atomic mass is 32.2. The molecule has 3 aromatic rings. The second kappa shape index (κ2) is 7.23. The minimum absolute atomic E-state index is 0.0964. The Labute approximate surface area is 142 Å². The van der Waals surface area contributed by atoms with Gasteiger partial charge in [0.2, 0.25) is 5.89 Å². The number of nitrogens with zero attached hydrogens (tertiary/aromatic N) is 4. The SMILES string of the molecule is CC(Sc1cc(C#N)ccn1)c1nc(Cc2ccc(F)cc2)no1. The summed E-state index contributed by atoms with van der Waals surface area (Å²) < 4.78 is 18.2. The topological polar surface area (TPSA) is 75.6 Å². The summed E-state index contributed by atoms with van der Waals surface area (Å²) in [7, 11) is 0. The Kier molecular flexibility index (Phi) is 4.87. The predicted molar refractivity (Wildman–Crippen MR) is 86.7 cm³/mol. The van der Waals surface area contributed by atoms with Crippen LogP contribution in [0.3, 0.4) is 0 Å². The lowest BCUT2D eigenvalue weighted by molar-refractivity contribution is 0.375. The number of aromatic nitrogens is 3. The van der Waals surface area contributed by atoms with E-state index in [2.05, 4.69) is 21.2 Å². The summed E-state index contributed by atoms with van der Waals surface area (Å²) in [5.74, 6) is 0.758. The molecule has 0 aliphatic heterocycles. The molecular formula is C17H13FN4OS. The van der Waals surface area contributed by atoms with Crippen molar-refractivity contribution >= 4 is 11.8 Å². The van der Waals surface area contributed by atoms with Gasteiger partial charge >= 0.3 is 0 Å². The molecule has 7 heteroatoms. The van der Waals surface area contributed by atoms with Crippen LogP contribution in [0.4, 0.5) is 4.39 Å². The molecule has 0 saturated carbocycles. The van der Waals surface area contributed by atoms with Crippen molar-refractivity contribution in [2.75, 3.05) is 0 Å². The van der Waals surface area contributed by atoms with Crippen LogP contribution in [0.1, 0.15) is 35.0 Å². The van der Waals surface area contributed by atoms with Crippen molar-refractivity contribution in [3.63, 3.8) is 0 Å². The number of benzene rings is 1. The third-order valence-corrected chi connectivity index (χ3v) is 4.29. The molecular weight excluding hydrogens is 327 g/mol. The Morgan fingerprint density at radius 2 is 2.08 bits per heavy atom. The number of rotatable bonds is 5. The van der Waals surface area contributed by atoms with Gasteiger partial charge in [-0.2, -0.15) is 10.2 Å². The van der Waals surface area contributed by atoms with Gasteiger partial charge in [0.25, 0.3) is 0 Å². The van der Waals surface area contributed by atoms with E-state index in [-0.39, 0.29) is 11.1 Å². The molecule has 0 aliphatic carbocycles. The standard InChI is InChI=1S/C17H13FN4OS/c1-11(24-16-9-13(10-19)6-7-20-16)17-21-15(22-23-17)8-12-2-4-14(18)5-3-12/h2-7,9,11H,8H2,1H3. The molecule has 2 aromatic heterocycles. The number of hydrogen-bond donors (Lipinski definition) is 0. The van der Waals surface area contributed by atoms with E-state index in [0.29, 0.717) is 23.7 Å². The summed E-state index contributed by atoms with van der Waals surface area (Å²) in [6.45, 7) is 1.93. The third kappa shape index (κ3) is 3.97. The predicted octanol–water partition coefficient (Wildman–Crippen LogP) is 3.92. The van der Waals surface area contributed by atoms with Crippen LogP contribution in [0.15, 0.2) is 52.1 Å².